The zero-order valence-electron chi connectivity index (χ0n) is 4.82. The quantitative estimate of drug-likeness (QED) is 0.611. The third-order valence-corrected chi connectivity index (χ3v) is 0.756. The molecular formula is C7H19NO. The predicted octanol–water partition coefficient (Wildman–Crippen LogP) is 1.80. The Balaban J connectivity index is -0.000000180. The van der Waals surface area contributed by atoms with Crippen molar-refractivity contribution in [2.24, 2.45) is 0 Å². The first kappa shape index (κ1) is 15.8. The Hall–Kier alpha value is -0.530. The van der Waals surface area contributed by atoms with Gasteiger partial charge in [0.1, 0.15) is 0 Å². The molecule has 0 heterocycles. The number of carbonyl (C=O) groups is 1. The van der Waals surface area contributed by atoms with Crippen LogP contribution in [-0.4, -0.2) is 13.0 Å². The number of amides is 1. The van der Waals surface area contributed by atoms with E-state index in [-0.39, 0.29) is 20.8 Å². The summed E-state index contributed by atoms with van der Waals surface area (Å²) < 4.78 is 0. The molecule has 0 aromatic heterocycles. The normalized spacial score (nSPS) is 6.44. The van der Waals surface area contributed by atoms with Crippen molar-refractivity contribution >= 4 is 5.91 Å². The highest BCUT2D eigenvalue weighted by atomic mass is 16.1. The van der Waals surface area contributed by atoms with Gasteiger partial charge in [-0.05, 0) is 6.42 Å². The van der Waals surface area contributed by atoms with Gasteiger partial charge in [-0.3, -0.25) is 4.79 Å². The second kappa shape index (κ2) is 10.5. The molecule has 0 radical (unpaired) electrons. The number of carbonyl (C=O) groups excluding carboxylic acids is 1. The van der Waals surface area contributed by atoms with Crippen molar-refractivity contribution in [1.82, 2.24) is 5.32 Å². The summed E-state index contributed by atoms with van der Waals surface area (Å²) in [5.41, 5.74) is 0. The van der Waals surface area contributed by atoms with E-state index in [9.17, 15) is 4.79 Å². The first-order chi connectivity index (χ1) is 3.31. The molecule has 0 rings (SSSR count). The summed E-state index contributed by atoms with van der Waals surface area (Å²) in [7, 11) is 1.65. The predicted molar refractivity (Wildman–Crippen MR) is 42.4 cm³/mol. The SMILES string of the molecule is C.C.CCCC(=O)NC. The van der Waals surface area contributed by atoms with E-state index >= 15 is 0 Å². The molecule has 2 heteroatoms. The van der Waals surface area contributed by atoms with Gasteiger partial charge in [0.15, 0.2) is 0 Å². The monoisotopic (exact) mass is 133 g/mol. The van der Waals surface area contributed by atoms with Crippen molar-refractivity contribution in [1.29, 1.82) is 0 Å². The molecule has 0 saturated carbocycles. The molecule has 2 nitrogen and oxygen atoms in total. The Bertz CT molecular complexity index is 61.9. The maximum atomic E-state index is 10.3. The first-order valence-electron chi connectivity index (χ1n) is 2.51. The third kappa shape index (κ3) is 11.2. The fourth-order valence-corrected chi connectivity index (χ4v) is 0.352. The molecule has 0 fully saturated rings. The molecule has 0 unspecified atom stereocenters. The van der Waals surface area contributed by atoms with Crippen molar-refractivity contribution < 1.29 is 4.79 Å². The average molecular weight is 133 g/mol. The first-order valence-corrected chi connectivity index (χ1v) is 2.51. The lowest BCUT2D eigenvalue weighted by Gasteiger charge is -1.91. The third-order valence-electron chi connectivity index (χ3n) is 0.756. The molecule has 0 spiro atoms. The van der Waals surface area contributed by atoms with Crippen LogP contribution in [0.4, 0.5) is 0 Å². The van der Waals surface area contributed by atoms with Gasteiger partial charge >= 0.3 is 0 Å². The van der Waals surface area contributed by atoms with Gasteiger partial charge in [0.25, 0.3) is 0 Å². The summed E-state index contributed by atoms with van der Waals surface area (Å²) in [4.78, 5) is 10.3. The maximum Gasteiger partial charge on any atom is 0.219 e. The Kier molecular flexibility index (Phi) is 18.3. The molecule has 0 aliphatic rings. The molecule has 58 valence electrons. The van der Waals surface area contributed by atoms with E-state index in [0.29, 0.717) is 6.42 Å². The van der Waals surface area contributed by atoms with E-state index in [4.69, 9.17) is 0 Å². The van der Waals surface area contributed by atoms with Crippen LogP contribution >= 0.6 is 0 Å². The van der Waals surface area contributed by atoms with Gasteiger partial charge in [-0.25, -0.2) is 0 Å². The van der Waals surface area contributed by atoms with Crippen LogP contribution in [0.2, 0.25) is 0 Å². The summed E-state index contributed by atoms with van der Waals surface area (Å²) in [5.74, 6) is 0.127. The van der Waals surface area contributed by atoms with Crippen LogP contribution in [0.5, 0.6) is 0 Å². The van der Waals surface area contributed by atoms with Crippen molar-refractivity contribution in [3.05, 3.63) is 0 Å². The number of hydrogen-bond acceptors (Lipinski definition) is 1. The summed E-state index contributed by atoms with van der Waals surface area (Å²) in [6.45, 7) is 1.98. The Morgan fingerprint density at radius 3 is 2.00 bits per heavy atom. The maximum absolute atomic E-state index is 10.3. The molecular weight excluding hydrogens is 114 g/mol. The Labute approximate surface area is 58.7 Å². The van der Waals surface area contributed by atoms with Crippen molar-refractivity contribution in [3.63, 3.8) is 0 Å². The Morgan fingerprint density at radius 2 is 1.89 bits per heavy atom. The van der Waals surface area contributed by atoms with Crippen molar-refractivity contribution in [2.45, 2.75) is 34.6 Å². The zero-order valence-corrected chi connectivity index (χ0v) is 4.82. The standard InChI is InChI=1S/C5H11NO.2CH4/c1-3-4-5(7)6-2;;/h3-4H2,1-2H3,(H,6,7);2*1H4. The summed E-state index contributed by atoms with van der Waals surface area (Å²) in [5, 5.41) is 2.53. The number of rotatable bonds is 2. The summed E-state index contributed by atoms with van der Waals surface area (Å²) >= 11 is 0. The van der Waals surface area contributed by atoms with Gasteiger partial charge in [-0.1, -0.05) is 21.8 Å². The highest BCUT2D eigenvalue weighted by Gasteiger charge is 1.89. The molecule has 1 amide bonds. The van der Waals surface area contributed by atoms with Gasteiger partial charge in [0.2, 0.25) is 5.91 Å². The molecule has 9 heavy (non-hydrogen) atoms. The molecule has 0 aromatic carbocycles. The minimum atomic E-state index is 0. The van der Waals surface area contributed by atoms with E-state index in [2.05, 4.69) is 5.32 Å². The average Bonchev–Trinajstić information content (AvgIpc) is 1.68. The van der Waals surface area contributed by atoms with Crippen LogP contribution in [0.25, 0.3) is 0 Å². The fourth-order valence-electron chi connectivity index (χ4n) is 0.352. The van der Waals surface area contributed by atoms with Gasteiger partial charge < -0.3 is 5.32 Å². The van der Waals surface area contributed by atoms with Crippen LogP contribution in [0.15, 0.2) is 0 Å². The zero-order chi connectivity index (χ0) is 5.70. The highest BCUT2D eigenvalue weighted by Crippen LogP contribution is 1.82. The minimum Gasteiger partial charge on any atom is -0.359 e. The van der Waals surface area contributed by atoms with Gasteiger partial charge in [-0.2, -0.15) is 0 Å². The van der Waals surface area contributed by atoms with Crippen LogP contribution in [0.3, 0.4) is 0 Å². The Morgan fingerprint density at radius 1 is 1.44 bits per heavy atom. The van der Waals surface area contributed by atoms with Crippen LogP contribution in [0.1, 0.15) is 34.6 Å². The highest BCUT2D eigenvalue weighted by molar-refractivity contribution is 5.75. The van der Waals surface area contributed by atoms with Crippen LogP contribution < -0.4 is 5.32 Å². The summed E-state index contributed by atoms with van der Waals surface area (Å²) in [6, 6.07) is 0. The molecule has 0 aliphatic heterocycles. The van der Waals surface area contributed by atoms with E-state index < -0.39 is 0 Å². The second-order valence-electron chi connectivity index (χ2n) is 1.42. The van der Waals surface area contributed by atoms with Gasteiger partial charge in [-0.15, -0.1) is 0 Å². The fraction of sp³-hybridized carbons (Fsp3) is 0.857. The molecule has 0 bridgehead atoms. The second-order valence-corrected chi connectivity index (χ2v) is 1.42. The molecule has 0 aromatic rings. The van der Waals surface area contributed by atoms with Crippen LogP contribution in [-0.2, 0) is 4.79 Å². The number of hydrogen-bond donors (Lipinski definition) is 1. The van der Waals surface area contributed by atoms with Gasteiger partial charge in [0.05, 0.1) is 0 Å². The lowest BCUT2D eigenvalue weighted by atomic mass is 10.3. The smallest absolute Gasteiger partial charge is 0.219 e. The van der Waals surface area contributed by atoms with Gasteiger partial charge in [0, 0.05) is 13.5 Å². The molecule has 1 N–H and O–H groups in total. The van der Waals surface area contributed by atoms with E-state index in [1.807, 2.05) is 6.92 Å². The van der Waals surface area contributed by atoms with E-state index in [1.54, 1.807) is 7.05 Å². The lowest BCUT2D eigenvalue weighted by molar-refractivity contribution is -0.120. The number of nitrogens with one attached hydrogen (secondary N) is 1. The van der Waals surface area contributed by atoms with Crippen LogP contribution in [0, 0.1) is 0 Å². The lowest BCUT2D eigenvalue weighted by Crippen LogP contribution is -2.16. The summed E-state index contributed by atoms with van der Waals surface area (Å²) in [6.07, 6.45) is 1.58. The minimum absolute atomic E-state index is 0. The van der Waals surface area contributed by atoms with Crippen molar-refractivity contribution in [3.8, 4) is 0 Å². The van der Waals surface area contributed by atoms with E-state index in [1.165, 1.54) is 0 Å². The molecule has 0 aliphatic carbocycles. The van der Waals surface area contributed by atoms with Crippen molar-refractivity contribution in [2.75, 3.05) is 7.05 Å². The molecule has 0 saturated heterocycles. The molecule has 0 atom stereocenters. The largest absolute Gasteiger partial charge is 0.359 e. The topological polar surface area (TPSA) is 29.1 Å². The van der Waals surface area contributed by atoms with E-state index in [0.717, 1.165) is 6.42 Å².